The minimum atomic E-state index is -1.12. The Hall–Kier alpha value is -3.20. The molecule has 1 unspecified atom stereocenters. The van der Waals surface area contributed by atoms with Crippen molar-refractivity contribution in [3.05, 3.63) is 102 Å². The zero-order valence-corrected chi connectivity index (χ0v) is 22.7. The average molecular weight is 511 g/mol. The van der Waals surface area contributed by atoms with Gasteiger partial charge in [-0.15, -0.1) is 11.8 Å². The summed E-state index contributed by atoms with van der Waals surface area (Å²) < 4.78 is 13.0. The summed E-state index contributed by atoms with van der Waals surface area (Å²) in [6.45, 7) is 8.57. The standard InChI is InChI=1S/C31H30N2OS2/c1-22-10-12-24(13-11-22)29-20-27(23-8-6-5-7-9-23)28(21-32)30(33-29)35-18-19-36(34)26-16-14-25(15-17-26)31(2,3)4/h5-17,20H,18-19H2,1-4H3. The van der Waals surface area contributed by atoms with Gasteiger partial charge in [0.2, 0.25) is 0 Å². The van der Waals surface area contributed by atoms with Crippen LogP contribution in [-0.2, 0) is 16.2 Å². The van der Waals surface area contributed by atoms with E-state index in [0.29, 0.717) is 22.1 Å². The quantitative estimate of drug-likeness (QED) is 0.238. The second-order valence-electron chi connectivity index (χ2n) is 9.75. The maximum atomic E-state index is 13.0. The first kappa shape index (κ1) is 25.9. The van der Waals surface area contributed by atoms with Gasteiger partial charge in [0.1, 0.15) is 11.1 Å². The molecule has 0 aliphatic rings. The molecule has 5 heteroatoms. The Kier molecular flexibility index (Phi) is 8.08. The van der Waals surface area contributed by atoms with Crippen molar-refractivity contribution >= 4 is 22.6 Å². The van der Waals surface area contributed by atoms with Gasteiger partial charge in [-0.25, -0.2) is 4.98 Å². The molecule has 0 fully saturated rings. The lowest BCUT2D eigenvalue weighted by Crippen LogP contribution is -2.11. The SMILES string of the molecule is Cc1ccc(-c2cc(-c3ccccc3)c(C#N)c(SCCS(=O)c3ccc(C(C)(C)C)cc3)n2)cc1. The van der Waals surface area contributed by atoms with Crippen LogP contribution in [0.1, 0.15) is 37.5 Å². The minimum Gasteiger partial charge on any atom is -0.254 e. The molecule has 0 aliphatic heterocycles. The lowest BCUT2D eigenvalue weighted by Gasteiger charge is -2.19. The van der Waals surface area contributed by atoms with E-state index >= 15 is 0 Å². The molecule has 4 rings (SSSR count). The summed E-state index contributed by atoms with van der Waals surface area (Å²) in [5.41, 5.74) is 6.71. The largest absolute Gasteiger partial charge is 0.254 e. The molecule has 0 aliphatic carbocycles. The lowest BCUT2D eigenvalue weighted by atomic mass is 9.87. The highest BCUT2D eigenvalue weighted by molar-refractivity contribution is 8.00. The summed E-state index contributed by atoms with van der Waals surface area (Å²) in [5.74, 6) is 1.09. The summed E-state index contributed by atoms with van der Waals surface area (Å²) in [6.07, 6.45) is 0. The van der Waals surface area contributed by atoms with E-state index in [1.807, 2.05) is 48.5 Å². The fourth-order valence-electron chi connectivity index (χ4n) is 3.89. The first-order valence-corrected chi connectivity index (χ1v) is 14.3. The van der Waals surface area contributed by atoms with Crippen molar-refractivity contribution in [2.24, 2.45) is 0 Å². The first-order valence-electron chi connectivity index (χ1n) is 12.0. The molecule has 4 aromatic rings. The molecule has 0 radical (unpaired) electrons. The van der Waals surface area contributed by atoms with Crippen molar-refractivity contribution in [1.82, 2.24) is 4.98 Å². The van der Waals surface area contributed by atoms with Gasteiger partial charge in [0.25, 0.3) is 0 Å². The van der Waals surface area contributed by atoms with Crippen molar-refractivity contribution in [3.8, 4) is 28.5 Å². The van der Waals surface area contributed by atoms with E-state index in [2.05, 4.69) is 70.2 Å². The smallest absolute Gasteiger partial charge is 0.115 e. The summed E-state index contributed by atoms with van der Waals surface area (Å²) in [4.78, 5) is 5.71. The highest BCUT2D eigenvalue weighted by Crippen LogP contribution is 2.34. The second kappa shape index (κ2) is 11.2. The molecule has 0 spiro atoms. The van der Waals surface area contributed by atoms with Crippen molar-refractivity contribution < 1.29 is 4.21 Å². The third-order valence-electron chi connectivity index (χ3n) is 6.02. The summed E-state index contributed by atoms with van der Waals surface area (Å²) in [6, 6.07) is 30.6. The number of benzene rings is 3. The highest BCUT2D eigenvalue weighted by atomic mass is 32.2. The van der Waals surface area contributed by atoms with Crippen LogP contribution in [0.2, 0.25) is 0 Å². The molecule has 1 atom stereocenters. The van der Waals surface area contributed by atoms with Crippen LogP contribution in [0.3, 0.4) is 0 Å². The number of aryl methyl sites for hydroxylation is 1. The lowest BCUT2D eigenvalue weighted by molar-refractivity contribution is 0.589. The Labute approximate surface area is 221 Å². The predicted octanol–water partition coefficient (Wildman–Crippen LogP) is 7.79. The van der Waals surface area contributed by atoms with E-state index in [4.69, 9.17) is 4.98 Å². The first-order chi connectivity index (χ1) is 17.3. The molecule has 0 amide bonds. The topological polar surface area (TPSA) is 53.8 Å². The van der Waals surface area contributed by atoms with Gasteiger partial charge in [0.15, 0.2) is 0 Å². The number of nitrogens with zero attached hydrogens (tertiary/aromatic N) is 2. The molecular formula is C31H30N2OS2. The van der Waals surface area contributed by atoms with Gasteiger partial charge < -0.3 is 0 Å². The molecule has 1 aromatic heterocycles. The van der Waals surface area contributed by atoms with Gasteiger partial charge in [-0.1, -0.05) is 93.1 Å². The Morgan fingerprint density at radius 1 is 0.917 bits per heavy atom. The number of pyridine rings is 1. The molecule has 3 aromatic carbocycles. The summed E-state index contributed by atoms with van der Waals surface area (Å²) >= 11 is 1.50. The van der Waals surface area contributed by atoms with Crippen LogP contribution in [0, 0.1) is 18.3 Å². The average Bonchev–Trinajstić information content (AvgIpc) is 2.88. The van der Waals surface area contributed by atoms with Gasteiger partial charge in [-0.3, -0.25) is 4.21 Å². The molecular weight excluding hydrogens is 480 g/mol. The molecule has 182 valence electrons. The number of hydrogen-bond donors (Lipinski definition) is 0. The predicted molar refractivity (Wildman–Crippen MR) is 152 cm³/mol. The minimum absolute atomic E-state index is 0.0637. The Morgan fingerprint density at radius 2 is 1.58 bits per heavy atom. The van der Waals surface area contributed by atoms with Crippen LogP contribution in [0.25, 0.3) is 22.4 Å². The van der Waals surface area contributed by atoms with Crippen LogP contribution in [0.15, 0.2) is 94.9 Å². The van der Waals surface area contributed by atoms with Crippen LogP contribution in [-0.4, -0.2) is 20.7 Å². The van der Waals surface area contributed by atoms with Gasteiger partial charge in [-0.05, 0) is 41.7 Å². The maximum absolute atomic E-state index is 13.0. The third kappa shape index (κ3) is 6.13. The molecule has 0 N–H and O–H groups in total. The molecule has 36 heavy (non-hydrogen) atoms. The van der Waals surface area contributed by atoms with E-state index in [1.54, 1.807) is 0 Å². The van der Waals surface area contributed by atoms with E-state index < -0.39 is 10.8 Å². The number of hydrogen-bond acceptors (Lipinski definition) is 4. The second-order valence-corrected chi connectivity index (χ2v) is 12.4. The normalized spacial score (nSPS) is 12.2. The molecule has 0 bridgehead atoms. The van der Waals surface area contributed by atoms with E-state index in [9.17, 15) is 9.47 Å². The van der Waals surface area contributed by atoms with Crippen LogP contribution in [0.4, 0.5) is 0 Å². The van der Waals surface area contributed by atoms with Crippen LogP contribution < -0.4 is 0 Å². The zero-order valence-electron chi connectivity index (χ0n) is 21.1. The monoisotopic (exact) mass is 510 g/mol. The van der Waals surface area contributed by atoms with Crippen molar-refractivity contribution in [1.29, 1.82) is 5.26 Å². The fraction of sp³-hybridized carbons (Fsp3) is 0.226. The van der Waals surface area contributed by atoms with Gasteiger partial charge >= 0.3 is 0 Å². The molecule has 0 saturated heterocycles. The highest BCUT2D eigenvalue weighted by Gasteiger charge is 2.17. The van der Waals surface area contributed by atoms with Crippen molar-refractivity contribution in [3.63, 3.8) is 0 Å². The maximum Gasteiger partial charge on any atom is 0.115 e. The van der Waals surface area contributed by atoms with E-state index in [0.717, 1.165) is 27.3 Å². The number of aromatic nitrogens is 1. The van der Waals surface area contributed by atoms with Crippen LogP contribution in [0.5, 0.6) is 0 Å². The number of thioether (sulfide) groups is 1. The van der Waals surface area contributed by atoms with E-state index in [1.165, 1.54) is 22.9 Å². The zero-order chi connectivity index (χ0) is 25.7. The van der Waals surface area contributed by atoms with Gasteiger partial charge in [-0.2, -0.15) is 5.26 Å². The molecule has 0 saturated carbocycles. The van der Waals surface area contributed by atoms with Crippen molar-refractivity contribution in [2.45, 2.75) is 43.0 Å². The molecule has 1 heterocycles. The summed E-state index contributed by atoms with van der Waals surface area (Å²) in [7, 11) is -1.12. The van der Waals surface area contributed by atoms with Crippen molar-refractivity contribution in [2.75, 3.05) is 11.5 Å². The Balaban J connectivity index is 1.60. The Bertz CT molecular complexity index is 1400. The molecule has 3 nitrogen and oxygen atoms in total. The summed E-state index contributed by atoms with van der Waals surface area (Å²) in [5, 5.41) is 10.7. The Morgan fingerprint density at radius 3 is 2.19 bits per heavy atom. The van der Waals surface area contributed by atoms with Gasteiger partial charge in [0, 0.05) is 27.5 Å². The number of nitriles is 1. The van der Waals surface area contributed by atoms with Gasteiger partial charge in [0.05, 0.1) is 22.1 Å². The van der Waals surface area contributed by atoms with E-state index in [-0.39, 0.29) is 5.41 Å². The fourth-order valence-corrected chi connectivity index (χ4v) is 6.16. The van der Waals surface area contributed by atoms with Crippen LogP contribution >= 0.6 is 11.8 Å². The third-order valence-corrected chi connectivity index (χ3v) is 8.63. The number of rotatable bonds is 7.